The van der Waals surface area contributed by atoms with Gasteiger partial charge in [0.25, 0.3) is 5.56 Å². The van der Waals surface area contributed by atoms with E-state index in [2.05, 4.69) is 9.88 Å². The molecule has 2 unspecified atom stereocenters. The highest BCUT2D eigenvalue weighted by atomic mass is 35.5. The van der Waals surface area contributed by atoms with E-state index in [-0.39, 0.29) is 22.7 Å². The minimum atomic E-state index is -0.380. The summed E-state index contributed by atoms with van der Waals surface area (Å²) in [4.78, 5) is 31.7. The van der Waals surface area contributed by atoms with Crippen LogP contribution >= 0.6 is 11.6 Å². The van der Waals surface area contributed by atoms with Crippen LogP contribution in [-0.4, -0.2) is 43.2 Å². The highest BCUT2D eigenvalue weighted by molar-refractivity contribution is 6.20. The molecule has 1 fully saturated rings. The predicted octanol–water partition coefficient (Wildman–Crippen LogP) is 0.379. The van der Waals surface area contributed by atoms with Crippen LogP contribution in [0, 0.1) is 0 Å². The number of nitrogens with zero attached hydrogens (tertiary/aromatic N) is 5. The highest BCUT2D eigenvalue weighted by Gasteiger charge is 2.25. The third kappa shape index (κ3) is 3.20. The van der Waals surface area contributed by atoms with Crippen LogP contribution in [0.25, 0.3) is 11.2 Å². The van der Waals surface area contributed by atoms with Crippen molar-refractivity contribution in [3.05, 3.63) is 20.8 Å². The van der Waals surface area contributed by atoms with Crippen LogP contribution in [0.1, 0.15) is 26.2 Å². The van der Waals surface area contributed by atoms with Crippen LogP contribution in [0.5, 0.6) is 0 Å². The standard InChI is InChI=1S/C16H25ClN6O2/c1-10(17)6-8-23-12-13(20(2)16(25)21(3)14(12)24)19-15(23)22-7-4-5-11(18)9-22/h10-11H,4-9,18H2,1-3H3. The van der Waals surface area contributed by atoms with Gasteiger partial charge in [0.05, 0.1) is 0 Å². The molecule has 138 valence electrons. The average molecular weight is 369 g/mol. The number of rotatable bonds is 4. The molecule has 0 saturated carbocycles. The fourth-order valence-corrected chi connectivity index (χ4v) is 3.48. The highest BCUT2D eigenvalue weighted by Crippen LogP contribution is 2.23. The molecule has 2 aromatic rings. The monoisotopic (exact) mass is 368 g/mol. The fraction of sp³-hybridized carbons (Fsp3) is 0.688. The van der Waals surface area contributed by atoms with E-state index in [4.69, 9.17) is 17.3 Å². The number of hydrogen-bond donors (Lipinski definition) is 1. The zero-order chi connectivity index (χ0) is 18.3. The van der Waals surface area contributed by atoms with Gasteiger partial charge >= 0.3 is 5.69 Å². The average Bonchev–Trinajstić information content (AvgIpc) is 2.96. The first kappa shape index (κ1) is 18.0. The van der Waals surface area contributed by atoms with E-state index in [1.54, 1.807) is 7.05 Å². The summed E-state index contributed by atoms with van der Waals surface area (Å²) in [5.74, 6) is 0.695. The first-order chi connectivity index (χ1) is 11.8. The molecule has 3 heterocycles. The second-order valence-electron chi connectivity index (χ2n) is 6.86. The quantitative estimate of drug-likeness (QED) is 0.788. The Morgan fingerprint density at radius 2 is 2.04 bits per heavy atom. The molecule has 3 rings (SSSR count). The molecule has 0 spiro atoms. The Bertz CT molecular complexity index is 897. The van der Waals surface area contributed by atoms with Crippen LogP contribution in [0.3, 0.4) is 0 Å². The summed E-state index contributed by atoms with van der Waals surface area (Å²) < 4.78 is 4.44. The van der Waals surface area contributed by atoms with Gasteiger partial charge in [0.15, 0.2) is 11.2 Å². The van der Waals surface area contributed by atoms with Gasteiger partial charge < -0.3 is 15.2 Å². The second-order valence-corrected chi connectivity index (χ2v) is 7.60. The van der Waals surface area contributed by atoms with Crippen molar-refractivity contribution in [2.45, 2.75) is 44.1 Å². The molecule has 0 radical (unpaired) electrons. The van der Waals surface area contributed by atoms with E-state index in [1.807, 2.05) is 11.5 Å². The molecule has 0 aromatic carbocycles. The third-order valence-corrected chi connectivity index (χ3v) is 5.04. The van der Waals surface area contributed by atoms with Crippen LogP contribution < -0.4 is 21.9 Å². The summed E-state index contributed by atoms with van der Waals surface area (Å²) in [7, 11) is 3.12. The molecule has 25 heavy (non-hydrogen) atoms. The largest absolute Gasteiger partial charge is 0.341 e. The Hall–Kier alpha value is -1.80. The van der Waals surface area contributed by atoms with E-state index in [0.717, 1.165) is 24.0 Å². The van der Waals surface area contributed by atoms with E-state index in [0.29, 0.717) is 36.6 Å². The lowest BCUT2D eigenvalue weighted by Crippen LogP contribution is -2.44. The smallest absolute Gasteiger partial charge is 0.332 e. The van der Waals surface area contributed by atoms with Crippen LogP contribution in [0.15, 0.2) is 9.59 Å². The molecular weight excluding hydrogens is 344 g/mol. The van der Waals surface area contributed by atoms with Crippen molar-refractivity contribution in [1.29, 1.82) is 0 Å². The van der Waals surface area contributed by atoms with Gasteiger partial charge in [-0.3, -0.25) is 13.9 Å². The lowest BCUT2D eigenvalue weighted by molar-refractivity contribution is 0.491. The zero-order valence-electron chi connectivity index (χ0n) is 14.9. The maximum atomic E-state index is 12.7. The Labute approximate surface area is 150 Å². The number of anilines is 1. The Kier molecular flexibility index (Phi) is 4.92. The molecule has 0 bridgehead atoms. The third-order valence-electron chi connectivity index (χ3n) is 4.82. The Morgan fingerprint density at radius 1 is 1.32 bits per heavy atom. The van der Waals surface area contributed by atoms with Gasteiger partial charge in [-0.1, -0.05) is 0 Å². The van der Waals surface area contributed by atoms with E-state index >= 15 is 0 Å². The van der Waals surface area contributed by atoms with Crippen LogP contribution in [-0.2, 0) is 20.6 Å². The van der Waals surface area contributed by atoms with Crippen LogP contribution in [0.2, 0.25) is 0 Å². The minimum absolute atomic E-state index is 0.0229. The van der Waals surface area contributed by atoms with Crippen molar-refractivity contribution in [2.75, 3.05) is 18.0 Å². The normalized spacial score (nSPS) is 19.6. The summed E-state index contributed by atoms with van der Waals surface area (Å²) in [6.45, 7) is 4.01. The van der Waals surface area contributed by atoms with Crippen molar-refractivity contribution in [2.24, 2.45) is 19.8 Å². The second kappa shape index (κ2) is 6.84. The summed E-state index contributed by atoms with van der Waals surface area (Å²) >= 11 is 6.13. The SMILES string of the molecule is CC(Cl)CCn1c(N2CCCC(N)C2)nc2c1c(=O)n(C)c(=O)n2C. The number of piperidine rings is 1. The number of alkyl halides is 1. The lowest BCUT2D eigenvalue weighted by Gasteiger charge is -2.32. The van der Waals surface area contributed by atoms with Crippen molar-refractivity contribution in [3.8, 4) is 0 Å². The molecule has 2 N–H and O–H groups in total. The van der Waals surface area contributed by atoms with Gasteiger partial charge in [-0.05, 0) is 26.2 Å². The number of imidazole rings is 1. The lowest BCUT2D eigenvalue weighted by atomic mass is 10.1. The Balaban J connectivity index is 2.23. The summed E-state index contributed by atoms with van der Waals surface area (Å²) in [5, 5.41) is -0.0229. The first-order valence-corrected chi connectivity index (χ1v) is 9.05. The fourth-order valence-electron chi connectivity index (χ4n) is 3.39. The summed E-state index contributed by atoms with van der Waals surface area (Å²) in [5.41, 5.74) is 6.25. The molecule has 2 aromatic heterocycles. The van der Waals surface area contributed by atoms with Crippen LogP contribution in [0.4, 0.5) is 5.95 Å². The number of fused-ring (bicyclic) bond motifs is 1. The van der Waals surface area contributed by atoms with Gasteiger partial charge in [-0.25, -0.2) is 4.79 Å². The molecule has 1 aliphatic heterocycles. The van der Waals surface area contributed by atoms with Crippen molar-refractivity contribution < 1.29 is 0 Å². The zero-order valence-corrected chi connectivity index (χ0v) is 15.7. The van der Waals surface area contributed by atoms with Gasteiger partial charge in [0.1, 0.15) is 0 Å². The molecular formula is C16H25ClN6O2. The molecule has 9 heteroatoms. The van der Waals surface area contributed by atoms with Gasteiger partial charge in [-0.15, -0.1) is 11.6 Å². The van der Waals surface area contributed by atoms with Crippen molar-refractivity contribution in [3.63, 3.8) is 0 Å². The van der Waals surface area contributed by atoms with Gasteiger partial charge in [-0.2, -0.15) is 4.98 Å². The van der Waals surface area contributed by atoms with Crippen molar-refractivity contribution >= 4 is 28.7 Å². The number of nitrogens with two attached hydrogens (primary N) is 1. The summed E-state index contributed by atoms with van der Waals surface area (Å²) in [6.07, 6.45) is 2.66. The van der Waals surface area contributed by atoms with E-state index in [1.165, 1.54) is 11.6 Å². The summed E-state index contributed by atoms with van der Waals surface area (Å²) in [6, 6.07) is 0.0839. The molecule has 0 aliphatic carbocycles. The van der Waals surface area contributed by atoms with Gasteiger partial charge in [0, 0.05) is 45.1 Å². The van der Waals surface area contributed by atoms with Crippen molar-refractivity contribution in [1.82, 2.24) is 18.7 Å². The molecule has 1 aliphatic rings. The maximum Gasteiger partial charge on any atom is 0.332 e. The molecule has 0 amide bonds. The minimum Gasteiger partial charge on any atom is -0.341 e. The number of aryl methyl sites for hydroxylation is 2. The topological polar surface area (TPSA) is 91.1 Å². The van der Waals surface area contributed by atoms with Gasteiger partial charge in [0.2, 0.25) is 5.95 Å². The molecule has 1 saturated heterocycles. The predicted molar refractivity (Wildman–Crippen MR) is 99.6 cm³/mol. The van der Waals surface area contributed by atoms with E-state index < -0.39 is 0 Å². The number of halogens is 1. The van der Waals surface area contributed by atoms with E-state index in [9.17, 15) is 9.59 Å². The Morgan fingerprint density at radius 3 is 2.68 bits per heavy atom. The number of aromatic nitrogens is 4. The maximum absolute atomic E-state index is 12.7. The molecule has 8 nitrogen and oxygen atoms in total. The molecule has 2 atom stereocenters. The first-order valence-electron chi connectivity index (χ1n) is 8.62. The number of hydrogen-bond acceptors (Lipinski definition) is 5.